The Morgan fingerprint density at radius 2 is 1.20 bits per heavy atom. The third kappa shape index (κ3) is 13.1. The van der Waals surface area contributed by atoms with Crippen LogP contribution in [0.1, 0.15) is 97.3 Å². The van der Waals surface area contributed by atoms with Crippen LogP contribution in [0.25, 0.3) is 0 Å². The Bertz CT molecular complexity index is 207. The molecule has 2 nitrogen and oxygen atoms in total. The van der Waals surface area contributed by atoms with Crippen molar-refractivity contribution < 1.29 is 9.67 Å². The summed E-state index contributed by atoms with van der Waals surface area (Å²) >= 11 is 0. The number of aliphatic hydroxyl groups is 1. The summed E-state index contributed by atoms with van der Waals surface area (Å²) in [5.74, 6) is 0. The number of hydrogen-bond donors (Lipinski definition) is 1. The fourth-order valence-corrected chi connectivity index (χ4v) is 3.04. The van der Waals surface area contributed by atoms with E-state index in [2.05, 4.69) is 6.92 Å². The first kappa shape index (κ1) is 20.1. The lowest BCUT2D eigenvalue weighted by Crippen LogP contribution is -2.16. The average molecular weight is 302 g/mol. The van der Waals surface area contributed by atoms with Crippen LogP contribution in [0.3, 0.4) is 0 Å². The maximum absolute atomic E-state index is 10.8. The van der Waals surface area contributed by atoms with Gasteiger partial charge in [-0.1, -0.05) is 84.0 Å². The Labute approximate surface area is 127 Å². The molecule has 1 N–H and O–H groups in total. The lowest BCUT2D eigenvalue weighted by Gasteiger charge is -2.11. The van der Waals surface area contributed by atoms with Crippen molar-refractivity contribution in [2.24, 2.45) is 0 Å². The highest BCUT2D eigenvalue weighted by Gasteiger charge is 2.13. The molecule has 0 saturated carbocycles. The number of unbranched alkanes of at least 4 members (excludes halogenated alkanes) is 11. The van der Waals surface area contributed by atoms with E-state index in [4.69, 9.17) is 0 Å². The zero-order valence-electron chi connectivity index (χ0n) is 13.6. The summed E-state index contributed by atoms with van der Waals surface area (Å²) in [6, 6.07) is 0. The summed E-state index contributed by atoms with van der Waals surface area (Å²) < 4.78 is 10.8. The van der Waals surface area contributed by atoms with Crippen molar-refractivity contribution in [3.05, 3.63) is 0 Å². The smallest absolute Gasteiger partial charge is 0.161 e. The Morgan fingerprint density at radius 3 is 1.55 bits per heavy atom. The van der Waals surface area contributed by atoms with Gasteiger partial charge in [0, 0.05) is 0 Å². The van der Waals surface area contributed by atoms with E-state index < -0.39 is 6.10 Å². The van der Waals surface area contributed by atoms with Crippen molar-refractivity contribution in [3.8, 4) is 0 Å². The van der Waals surface area contributed by atoms with Gasteiger partial charge in [-0.2, -0.15) is 0 Å². The van der Waals surface area contributed by atoms with Crippen LogP contribution in [-0.4, -0.2) is 16.9 Å². The molecule has 2 unspecified atom stereocenters. The van der Waals surface area contributed by atoms with E-state index in [0.717, 1.165) is 12.8 Å². The van der Waals surface area contributed by atoms with Gasteiger partial charge in [-0.15, -0.1) is 0 Å². The maximum Gasteiger partial charge on any atom is 0.161 e. The summed E-state index contributed by atoms with van der Waals surface area (Å²) in [6.45, 7) is 4.00. The van der Waals surface area contributed by atoms with Crippen molar-refractivity contribution >= 4 is 8.46 Å². The van der Waals surface area contributed by atoms with Crippen LogP contribution >= 0.6 is 8.46 Å². The van der Waals surface area contributed by atoms with Crippen LogP contribution in [0.4, 0.5) is 0 Å². The topological polar surface area (TPSA) is 37.3 Å². The standard InChI is InChI=1S/C17H35O2P/c1-3-4-5-6-7-8-9-10-11-12-13-14-15-17(20-19)16(2)18/h16-18H,3-15H2,1-2H3. The first-order valence-corrected chi connectivity index (χ1v) is 9.61. The number of hydrogen-bond acceptors (Lipinski definition) is 2. The minimum Gasteiger partial charge on any atom is -0.392 e. The molecular weight excluding hydrogens is 267 g/mol. The lowest BCUT2D eigenvalue weighted by atomic mass is 10.0. The van der Waals surface area contributed by atoms with Crippen molar-refractivity contribution in [1.82, 2.24) is 0 Å². The molecule has 0 aromatic heterocycles. The largest absolute Gasteiger partial charge is 0.392 e. The van der Waals surface area contributed by atoms with Gasteiger partial charge in [-0.25, -0.2) is 0 Å². The predicted molar refractivity (Wildman–Crippen MR) is 88.8 cm³/mol. The lowest BCUT2D eigenvalue weighted by molar-refractivity contribution is 0.184. The van der Waals surface area contributed by atoms with Crippen LogP contribution in [0.2, 0.25) is 0 Å². The molecule has 120 valence electrons. The van der Waals surface area contributed by atoms with E-state index in [0.29, 0.717) is 0 Å². The van der Waals surface area contributed by atoms with Crippen molar-refractivity contribution in [3.63, 3.8) is 0 Å². The van der Waals surface area contributed by atoms with E-state index in [1.165, 1.54) is 70.6 Å². The van der Waals surface area contributed by atoms with Gasteiger partial charge in [0.05, 0.1) is 11.8 Å². The normalized spacial score (nSPS) is 14.6. The van der Waals surface area contributed by atoms with Gasteiger partial charge in [0.15, 0.2) is 8.46 Å². The molecule has 0 amide bonds. The molecule has 2 atom stereocenters. The van der Waals surface area contributed by atoms with Crippen molar-refractivity contribution in [2.45, 2.75) is 109 Å². The van der Waals surface area contributed by atoms with E-state index >= 15 is 0 Å². The fourth-order valence-electron chi connectivity index (χ4n) is 2.58. The van der Waals surface area contributed by atoms with Gasteiger partial charge in [0.25, 0.3) is 0 Å². The Kier molecular flexibility index (Phi) is 15.5. The molecule has 0 spiro atoms. The molecule has 3 heteroatoms. The van der Waals surface area contributed by atoms with Gasteiger partial charge in [0.2, 0.25) is 0 Å². The molecule has 0 heterocycles. The number of aliphatic hydroxyl groups excluding tert-OH is 1. The second kappa shape index (κ2) is 15.4. The second-order valence-corrected chi connectivity index (χ2v) is 6.97. The maximum atomic E-state index is 10.8. The van der Waals surface area contributed by atoms with Crippen LogP contribution in [0.5, 0.6) is 0 Å². The summed E-state index contributed by atoms with van der Waals surface area (Å²) in [7, 11) is 0.101. The van der Waals surface area contributed by atoms with Crippen molar-refractivity contribution in [1.29, 1.82) is 0 Å². The van der Waals surface area contributed by atoms with Gasteiger partial charge in [-0.3, -0.25) is 4.57 Å². The molecule has 0 radical (unpaired) electrons. The third-order valence-electron chi connectivity index (χ3n) is 4.05. The van der Waals surface area contributed by atoms with E-state index in [1.807, 2.05) is 0 Å². The van der Waals surface area contributed by atoms with E-state index in [9.17, 15) is 9.67 Å². The highest BCUT2D eigenvalue weighted by molar-refractivity contribution is 7.24. The Balaban J connectivity index is 3.15. The quantitative estimate of drug-likeness (QED) is 0.292. The van der Waals surface area contributed by atoms with Gasteiger partial charge >= 0.3 is 0 Å². The highest BCUT2D eigenvalue weighted by Crippen LogP contribution is 2.19. The molecule has 0 rings (SSSR count). The molecule has 0 aliphatic rings. The van der Waals surface area contributed by atoms with Gasteiger partial charge in [-0.05, 0) is 13.3 Å². The molecule has 0 fully saturated rings. The molecule has 0 aliphatic carbocycles. The molecule has 0 saturated heterocycles. The average Bonchev–Trinajstić information content (AvgIpc) is 2.43. The SMILES string of the molecule is CCCCCCCCCCCCCCC(P=O)C(C)O. The molecule has 0 aliphatic heterocycles. The first-order chi connectivity index (χ1) is 9.72. The zero-order valence-corrected chi connectivity index (χ0v) is 14.5. The summed E-state index contributed by atoms with van der Waals surface area (Å²) in [4.78, 5) is 0. The summed E-state index contributed by atoms with van der Waals surface area (Å²) in [5, 5.41) is 9.38. The Hall–Kier alpha value is 0.0600. The van der Waals surface area contributed by atoms with Gasteiger partial charge < -0.3 is 5.11 Å². The predicted octanol–water partition coefficient (Wildman–Crippen LogP) is 6.12. The number of rotatable bonds is 15. The minimum atomic E-state index is -0.443. The molecule has 0 bridgehead atoms. The second-order valence-electron chi connectivity index (χ2n) is 6.09. The fraction of sp³-hybridized carbons (Fsp3) is 1.00. The van der Waals surface area contributed by atoms with Crippen LogP contribution in [-0.2, 0) is 4.57 Å². The van der Waals surface area contributed by atoms with Crippen LogP contribution in [0, 0.1) is 0 Å². The van der Waals surface area contributed by atoms with Crippen LogP contribution in [0.15, 0.2) is 0 Å². The summed E-state index contributed by atoms with van der Waals surface area (Å²) in [5.41, 5.74) is -0.0573. The van der Waals surface area contributed by atoms with Crippen molar-refractivity contribution in [2.75, 3.05) is 0 Å². The minimum absolute atomic E-state index is 0.0573. The Morgan fingerprint density at radius 1 is 0.800 bits per heavy atom. The van der Waals surface area contributed by atoms with E-state index in [1.54, 1.807) is 6.92 Å². The molecule has 0 aromatic rings. The van der Waals surface area contributed by atoms with Gasteiger partial charge in [0.1, 0.15) is 0 Å². The summed E-state index contributed by atoms with van der Waals surface area (Å²) in [6.07, 6.45) is 16.5. The van der Waals surface area contributed by atoms with Crippen LogP contribution < -0.4 is 0 Å². The highest BCUT2D eigenvalue weighted by atomic mass is 31.1. The molecule has 20 heavy (non-hydrogen) atoms. The monoisotopic (exact) mass is 302 g/mol. The zero-order chi connectivity index (χ0) is 15.1. The third-order valence-corrected chi connectivity index (χ3v) is 5.01. The molecule has 0 aromatic carbocycles. The molecular formula is C17H35O2P. The van der Waals surface area contributed by atoms with E-state index in [-0.39, 0.29) is 14.1 Å². The first-order valence-electron chi connectivity index (χ1n) is 8.73.